The highest BCUT2D eigenvalue weighted by molar-refractivity contribution is 5.88. The van der Waals surface area contributed by atoms with Gasteiger partial charge in [-0.3, -0.25) is 10.1 Å². The van der Waals surface area contributed by atoms with E-state index >= 15 is 0 Å². The minimum absolute atomic E-state index is 0.251. The first kappa shape index (κ1) is 22.2. The van der Waals surface area contributed by atoms with Gasteiger partial charge in [0.1, 0.15) is 12.0 Å². The number of amides is 3. The van der Waals surface area contributed by atoms with E-state index < -0.39 is 6.36 Å². The van der Waals surface area contributed by atoms with Gasteiger partial charge >= 0.3 is 12.4 Å². The SMILES string of the molecule is O=CNCc1ccc(-c2cccc(OC(F)(F)F)c2)c2c1CN(C(=O)Nc1ccon1)CC2. The van der Waals surface area contributed by atoms with E-state index in [-0.39, 0.29) is 30.7 Å². The van der Waals surface area contributed by atoms with E-state index in [0.717, 1.165) is 22.3 Å². The van der Waals surface area contributed by atoms with Gasteiger partial charge in [-0.2, -0.15) is 0 Å². The molecule has 3 aromatic rings. The first-order chi connectivity index (χ1) is 15.8. The lowest BCUT2D eigenvalue weighted by Crippen LogP contribution is -2.39. The zero-order valence-electron chi connectivity index (χ0n) is 17.2. The van der Waals surface area contributed by atoms with Gasteiger partial charge in [-0.15, -0.1) is 13.2 Å². The fourth-order valence-corrected chi connectivity index (χ4v) is 3.83. The van der Waals surface area contributed by atoms with Gasteiger partial charge in [0.05, 0.1) is 0 Å². The molecule has 33 heavy (non-hydrogen) atoms. The van der Waals surface area contributed by atoms with Gasteiger partial charge < -0.3 is 19.5 Å². The van der Waals surface area contributed by atoms with Gasteiger partial charge in [0.15, 0.2) is 5.82 Å². The third-order valence-electron chi connectivity index (χ3n) is 5.22. The number of carbonyl (C=O) groups is 2. The summed E-state index contributed by atoms with van der Waals surface area (Å²) in [5.41, 5.74) is 3.83. The number of hydrogen-bond acceptors (Lipinski definition) is 5. The van der Waals surface area contributed by atoms with Crippen LogP contribution in [-0.2, 0) is 24.3 Å². The van der Waals surface area contributed by atoms with Gasteiger partial charge in [0, 0.05) is 25.7 Å². The Bertz CT molecular complexity index is 1150. The Morgan fingerprint density at radius 1 is 1.21 bits per heavy atom. The van der Waals surface area contributed by atoms with Gasteiger partial charge in [-0.1, -0.05) is 29.4 Å². The zero-order valence-corrected chi connectivity index (χ0v) is 17.2. The molecule has 172 valence electrons. The Morgan fingerprint density at radius 2 is 2.06 bits per heavy atom. The molecular weight excluding hydrogens is 441 g/mol. The summed E-state index contributed by atoms with van der Waals surface area (Å²) in [4.78, 5) is 25.1. The van der Waals surface area contributed by atoms with E-state index in [1.807, 2.05) is 0 Å². The first-order valence-electron chi connectivity index (χ1n) is 9.97. The number of urea groups is 1. The third-order valence-corrected chi connectivity index (χ3v) is 5.22. The number of rotatable bonds is 6. The number of hydrogen-bond donors (Lipinski definition) is 2. The highest BCUT2D eigenvalue weighted by Gasteiger charge is 2.31. The molecule has 0 radical (unpaired) electrons. The Balaban J connectivity index is 1.66. The summed E-state index contributed by atoms with van der Waals surface area (Å²) in [7, 11) is 0. The molecule has 1 aliphatic heterocycles. The van der Waals surface area contributed by atoms with Crippen molar-refractivity contribution in [3.8, 4) is 16.9 Å². The van der Waals surface area contributed by atoms with Crippen LogP contribution in [0.25, 0.3) is 11.1 Å². The predicted molar refractivity (Wildman–Crippen MR) is 111 cm³/mol. The Kier molecular flexibility index (Phi) is 6.20. The van der Waals surface area contributed by atoms with Crippen LogP contribution in [0, 0.1) is 0 Å². The van der Waals surface area contributed by atoms with Crippen LogP contribution in [0.1, 0.15) is 16.7 Å². The Labute approximate surface area is 186 Å². The van der Waals surface area contributed by atoms with Crippen LogP contribution in [0.2, 0.25) is 0 Å². The molecule has 3 amide bonds. The third kappa shape index (κ3) is 5.25. The van der Waals surface area contributed by atoms with Gasteiger partial charge in [-0.05, 0) is 46.4 Å². The van der Waals surface area contributed by atoms with E-state index in [4.69, 9.17) is 4.52 Å². The summed E-state index contributed by atoms with van der Waals surface area (Å²) in [5, 5.41) is 8.94. The maximum Gasteiger partial charge on any atom is 0.573 e. The summed E-state index contributed by atoms with van der Waals surface area (Å²) in [6.45, 7) is 0.885. The number of aromatic nitrogens is 1. The largest absolute Gasteiger partial charge is 0.573 e. The number of fused-ring (bicyclic) bond motifs is 1. The zero-order chi connectivity index (χ0) is 23.4. The lowest BCUT2D eigenvalue weighted by atomic mass is 9.87. The van der Waals surface area contributed by atoms with E-state index in [0.29, 0.717) is 24.9 Å². The second-order valence-corrected chi connectivity index (χ2v) is 7.29. The smallest absolute Gasteiger partial charge is 0.406 e. The molecule has 0 atom stereocenters. The molecule has 1 aliphatic rings. The Morgan fingerprint density at radius 3 is 2.79 bits per heavy atom. The van der Waals surface area contributed by atoms with Gasteiger partial charge in [0.2, 0.25) is 6.41 Å². The number of carbonyl (C=O) groups excluding carboxylic acids is 2. The van der Waals surface area contributed by atoms with Crippen LogP contribution in [-0.4, -0.2) is 35.4 Å². The number of halogens is 3. The van der Waals surface area contributed by atoms with Crippen LogP contribution in [0.4, 0.5) is 23.8 Å². The Hall–Kier alpha value is -4.02. The van der Waals surface area contributed by atoms with Crippen LogP contribution < -0.4 is 15.4 Å². The lowest BCUT2D eigenvalue weighted by Gasteiger charge is -2.32. The molecule has 2 N–H and O–H groups in total. The molecule has 2 heterocycles. The minimum Gasteiger partial charge on any atom is -0.406 e. The second-order valence-electron chi connectivity index (χ2n) is 7.29. The van der Waals surface area contributed by atoms with Crippen LogP contribution in [0.15, 0.2) is 53.3 Å². The average molecular weight is 460 g/mol. The molecule has 4 rings (SSSR count). The number of anilines is 1. The second kappa shape index (κ2) is 9.23. The number of alkyl halides is 3. The molecule has 0 bridgehead atoms. The molecule has 1 aromatic heterocycles. The van der Waals surface area contributed by atoms with Crippen molar-refractivity contribution in [3.05, 3.63) is 65.4 Å². The van der Waals surface area contributed by atoms with Crippen LogP contribution >= 0.6 is 0 Å². The lowest BCUT2D eigenvalue weighted by molar-refractivity contribution is -0.274. The van der Waals surface area contributed by atoms with Crippen molar-refractivity contribution >= 4 is 18.3 Å². The van der Waals surface area contributed by atoms with E-state index in [2.05, 4.69) is 20.5 Å². The molecule has 0 unspecified atom stereocenters. The van der Waals surface area contributed by atoms with Crippen molar-refractivity contribution in [1.82, 2.24) is 15.4 Å². The van der Waals surface area contributed by atoms with Gasteiger partial charge in [0.25, 0.3) is 0 Å². The fourth-order valence-electron chi connectivity index (χ4n) is 3.83. The van der Waals surface area contributed by atoms with Crippen molar-refractivity contribution in [3.63, 3.8) is 0 Å². The normalized spacial score (nSPS) is 13.2. The monoisotopic (exact) mass is 460 g/mol. The summed E-state index contributed by atoms with van der Waals surface area (Å²) in [5.74, 6) is -0.0336. The maximum absolute atomic E-state index is 12.7. The molecule has 0 saturated heterocycles. The number of benzene rings is 2. The fraction of sp³-hybridized carbons (Fsp3) is 0.227. The van der Waals surface area contributed by atoms with E-state index in [1.165, 1.54) is 30.5 Å². The topological polar surface area (TPSA) is 96.7 Å². The number of nitrogens with one attached hydrogen (secondary N) is 2. The van der Waals surface area contributed by atoms with Gasteiger partial charge in [-0.25, -0.2) is 4.79 Å². The number of nitrogens with zero attached hydrogens (tertiary/aromatic N) is 2. The molecule has 11 heteroatoms. The predicted octanol–water partition coefficient (Wildman–Crippen LogP) is 4.08. The highest BCUT2D eigenvalue weighted by Crippen LogP contribution is 2.35. The highest BCUT2D eigenvalue weighted by atomic mass is 19.4. The molecule has 0 spiro atoms. The quantitative estimate of drug-likeness (QED) is 0.541. The molecule has 0 fully saturated rings. The first-order valence-corrected chi connectivity index (χ1v) is 9.97. The summed E-state index contributed by atoms with van der Waals surface area (Å²) >= 11 is 0. The van der Waals surface area contributed by atoms with E-state index in [9.17, 15) is 22.8 Å². The van der Waals surface area contributed by atoms with Crippen molar-refractivity contribution in [1.29, 1.82) is 0 Å². The number of ether oxygens (including phenoxy) is 1. The standard InChI is InChI=1S/C22H19F3N4O4/c23-22(24,25)33-16-3-1-2-14(10-16)17-5-4-15(11-26-13-30)19-12-29(8-6-18(17)19)21(31)27-20-7-9-32-28-20/h1-5,7,9-10,13H,6,8,11-12H2,(H,26,30)(H,27,28,31). The summed E-state index contributed by atoms with van der Waals surface area (Å²) in [6, 6.07) is 10.5. The minimum atomic E-state index is -4.79. The summed E-state index contributed by atoms with van der Waals surface area (Å²) < 4.78 is 46.8. The molecule has 2 aromatic carbocycles. The van der Waals surface area contributed by atoms with Crippen LogP contribution in [0.5, 0.6) is 5.75 Å². The van der Waals surface area contributed by atoms with Crippen molar-refractivity contribution in [2.24, 2.45) is 0 Å². The molecular formula is C22H19F3N4O4. The van der Waals surface area contributed by atoms with Crippen molar-refractivity contribution in [2.45, 2.75) is 25.9 Å². The molecule has 0 saturated carbocycles. The van der Waals surface area contributed by atoms with E-state index in [1.54, 1.807) is 23.1 Å². The molecule has 8 nitrogen and oxygen atoms in total. The summed E-state index contributed by atoms with van der Waals surface area (Å²) in [6.07, 6.45) is -2.40. The van der Waals surface area contributed by atoms with Crippen molar-refractivity contribution < 1.29 is 32.0 Å². The average Bonchev–Trinajstić information content (AvgIpc) is 3.29. The van der Waals surface area contributed by atoms with Crippen molar-refractivity contribution in [2.75, 3.05) is 11.9 Å². The molecule has 0 aliphatic carbocycles. The van der Waals surface area contributed by atoms with Crippen LogP contribution in [0.3, 0.4) is 0 Å². The maximum atomic E-state index is 12.7.